The maximum absolute atomic E-state index is 11.4. The summed E-state index contributed by atoms with van der Waals surface area (Å²) in [5, 5.41) is 0. The van der Waals surface area contributed by atoms with E-state index in [0.717, 1.165) is 6.42 Å². The molecule has 0 saturated carbocycles. The van der Waals surface area contributed by atoms with Crippen LogP contribution in [0.1, 0.15) is 70.3 Å². The third-order valence-corrected chi connectivity index (χ3v) is 5.74. The van der Waals surface area contributed by atoms with Crippen molar-refractivity contribution in [3.8, 4) is 11.5 Å². The minimum atomic E-state index is -4.31. The van der Waals surface area contributed by atoms with Gasteiger partial charge in [-0.05, 0) is 42.7 Å². The largest absolute Gasteiger partial charge is 0.456 e. The van der Waals surface area contributed by atoms with E-state index >= 15 is 0 Å². The number of hydrogen-bond donors (Lipinski definition) is 1. The van der Waals surface area contributed by atoms with Crippen molar-refractivity contribution in [2.75, 3.05) is 0 Å². The molecule has 0 aliphatic heterocycles. The molecule has 0 aromatic heterocycles. The van der Waals surface area contributed by atoms with Crippen molar-refractivity contribution < 1.29 is 17.7 Å². The second-order valence-electron chi connectivity index (χ2n) is 7.25. The summed E-state index contributed by atoms with van der Waals surface area (Å²) in [6.45, 7) is 2.25. The van der Waals surface area contributed by atoms with E-state index in [1.165, 1.54) is 75.5 Å². The number of ether oxygens (including phenoxy) is 1. The summed E-state index contributed by atoms with van der Waals surface area (Å²) >= 11 is 0. The molecule has 0 atom stereocenters. The molecule has 0 bridgehead atoms. The topological polar surface area (TPSA) is 63.6 Å². The molecule has 0 amide bonds. The van der Waals surface area contributed by atoms with Gasteiger partial charge in [-0.3, -0.25) is 4.55 Å². The van der Waals surface area contributed by atoms with Crippen LogP contribution in [-0.2, 0) is 16.5 Å². The molecule has 0 unspecified atom stereocenters. The Morgan fingerprint density at radius 1 is 0.786 bits per heavy atom. The lowest BCUT2D eigenvalue weighted by Gasteiger charge is -2.10. The second kappa shape index (κ2) is 11.9. The van der Waals surface area contributed by atoms with Crippen LogP contribution >= 0.6 is 0 Å². The number of rotatable bonds is 13. The Kier molecular flexibility index (Phi) is 9.51. The van der Waals surface area contributed by atoms with Crippen molar-refractivity contribution in [2.24, 2.45) is 0 Å². The van der Waals surface area contributed by atoms with Crippen LogP contribution in [0.5, 0.6) is 11.5 Å². The average Bonchev–Trinajstić information content (AvgIpc) is 2.67. The number of aryl methyl sites for hydroxylation is 1. The molecular formula is C23H32O4S. The molecule has 0 aliphatic carbocycles. The predicted octanol–water partition coefficient (Wildman–Crippen LogP) is 6.80. The van der Waals surface area contributed by atoms with Gasteiger partial charge in [-0.25, -0.2) is 0 Å². The zero-order chi connectivity index (χ0) is 20.2. The fourth-order valence-electron chi connectivity index (χ4n) is 3.24. The van der Waals surface area contributed by atoms with E-state index in [2.05, 4.69) is 6.92 Å². The Bertz CT molecular complexity index is 798. The van der Waals surface area contributed by atoms with Gasteiger partial charge in [0.15, 0.2) is 0 Å². The molecule has 0 fully saturated rings. The first kappa shape index (κ1) is 22.4. The molecule has 5 heteroatoms. The van der Waals surface area contributed by atoms with E-state index in [-0.39, 0.29) is 10.6 Å². The van der Waals surface area contributed by atoms with Crippen molar-refractivity contribution >= 4 is 10.1 Å². The molecule has 2 rings (SSSR count). The van der Waals surface area contributed by atoms with Crippen molar-refractivity contribution in [1.29, 1.82) is 0 Å². The maximum Gasteiger partial charge on any atom is 0.298 e. The minimum Gasteiger partial charge on any atom is -0.456 e. The summed E-state index contributed by atoms with van der Waals surface area (Å²) in [4.78, 5) is -0.228. The smallest absolute Gasteiger partial charge is 0.298 e. The SMILES string of the molecule is CCCCCCCCCCCc1ccc(Oc2ccccc2S(=O)(=O)O)cc1. The van der Waals surface area contributed by atoms with Gasteiger partial charge >= 0.3 is 0 Å². The fourth-order valence-corrected chi connectivity index (χ4v) is 3.85. The molecule has 1 N–H and O–H groups in total. The molecular weight excluding hydrogens is 372 g/mol. The van der Waals surface area contributed by atoms with Gasteiger partial charge < -0.3 is 4.74 Å². The highest BCUT2D eigenvalue weighted by Crippen LogP contribution is 2.28. The Morgan fingerprint density at radius 3 is 1.96 bits per heavy atom. The third kappa shape index (κ3) is 8.03. The number of para-hydroxylation sites is 1. The normalized spacial score (nSPS) is 11.5. The lowest BCUT2D eigenvalue weighted by Crippen LogP contribution is -2.00. The number of unbranched alkanes of at least 4 members (excludes halogenated alkanes) is 8. The van der Waals surface area contributed by atoms with E-state index in [0.29, 0.717) is 5.75 Å². The van der Waals surface area contributed by atoms with Gasteiger partial charge in [-0.1, -0.05) is 82.6 Å². The van der Waals surface area contributed by atoms with E-state index < -0.39 is 10.1 Å². The molecule has 2 aromatic carbocycles. The quantitative estimate of drug-likeness (QED) is 0.294. The van der Waals surface area contributed by atoms with Gasteiger partial charge in [0.2, 0.25) is 0 Å². The Balaban J connectivity index is 1.74. The first-order chi connectivity index (χ1) is 13.5. The van der Waals surface area contributed by atoms with Crippen LogP contribution in [0.15, 0.2) is 53.4 Å². The van der Waals surface area contributed by atoms with Crippen molar-refractivity contribution in [3.63, 3.8) is 0 Å². The lowest BCUT2D eigenvalue weighted by molar-refractivity contribution is 0.450. The third-order valence-electron chi connectivity index (χ3n) is 4.85. The summed E-state index contributed by atoms with van der Waals surface area (Å²) in [6, 6.07) is 13.8. The first-order valence-corrected chi connectivity index (χ1v) is 11.8. The van der Waals surface area contributed by atoms with Gasteiger partial charge in [0.25, 0.3) is 10.1 Å². The summed E-state index contributed by atoms with van der Waals surface area (Å²) in [5.74, 6) is 0.670. The zero-order valence-corrected chi connectivity index (χ0v) is 17.6. The van der Waals surface area contributed by atoms with Crippen molar-refractivity contribution in [1.82, 2.24) is 0 Å². The number of benzene rings is 2. The standard InChI is InChI=1S/C23H32O4S/c1-2-3-4-5-6-7-8-9-10-13-20-16-18-21(19-17-20)27-22-14-11-12-15-23(22)28(24,25)26/h11-12,14-19H,2-10,13H2,1H3,(H,24,25,26). The van der Waals surface area contributed by atoms with Gasteiger partial charge in [0.1, 0.15) is 16.4 Å². The van der Waals surface area contributed by atoms with Crippen LogP contribution < -0.4 is 4.74 Å². The molecule has 0 aliphatic rings. The van der Waals surface area contributed by atoms with Crippen molar-refractivity contribution in [2.45, 2.75) is 76.0 Å². The predicted molar refractivity (Wildman–Crippen MR) is 114 cm³/mol. The van der Waals surface area contributed by atoms with E-state index in [9.17, 15) is 13.0 Å². The molecule has 2 aromatic rings. The molecule has 28 heavy (non-hydrogen) atoms. The van der Waals surface area contributed by atoms with Crippen LogP contribution in [-0.4, -0.2) is 13.0 Å². The second-order valence-corrected chi connectivity index (χ2v) is 8.64. The van der Waals surface area contributed by atoms with Crippen LogP contribution in [0.4, 0.5) is 0 Å². The highest BCUT2D eigenvalue weighted by Gasteiger charge is 2.16. The van der Waals surface area contributed by atoms with Crippen LogP contribution in [0.2, 0.25) is 0 Å². The van der Waals surface area contributed by atoms with Crippen LogP contribution in [0.3, 0.4) is 0 Å². The number of hydrogen-bond acceptors (Lipinski definition) is 3. The molecule has 0 saturated heterocycles. The highest BCUT2D eigenvalue weighted by atomic mass is 32.2. The maximum atomic E-state index is 11.4. The van der Waals surface area contributed by atoms with E-state index in [4.69, 9.17) is 4.74 Å². The zero-order valence-electron chi connectivity index (χ0n) is 16.8. The van der Waals surface area contributed by atoms with Crippen LogP contribution in [0.25, 0.3) is 0 Å². The lowest BCUT2D eigenvalue weighted by atomic mass is 10.0. The molecule has 0 spiro atoms. The van der Waals surface area contributed by atoms with Gasteiger partial charge in [0, 0.05) is 0 Å². The summed E-state index contributed by atoms with van der Waals surface area (Å²) in [5.41, 5.74) is 1.25. The van der Waals surface area contributed by atoms with Crippen LogP contribution in [0, 0.1) is 0 Å². The monoisotopic (exact) mass is 404 g/mol. The summed E-state index contributed by atoms with van der Waals surface area (Å²) in [7, 11) is -4.31. The summed E-state index contributed by atoms with van der Waals surface area (Å²) in [6.07, 6.45) is 12.9. The molecule has 154 valence electrons. The average molecular weight is 405 g/mol. The van der Waals surface area contributed by atoms with E-state index in [1.807, 2.05) is 24.3 Å². The van der Waals surface area contributed by atoms with Crippen molar-refractivity contribution in [3.05, 3.63) is 54.1 Å². The molecule has 0 radical (unpaired) electrons. The minimum absolute atomic E-state index is 0.122. The fraction of sp³-hybridized carbons (Fsp3) is 0.478. The highest BCUT2D eigenvalue weighted by molar-refractivity contribution is 7.86. The van der Waals surface area contributed by atoms with Gasteiger partial charge in [-0.2, -0.15) is 8.42 Å². The summed E-state index contributed by atoms with van der Waals surface area (Å²) < 4.78 is 37.8. The Hall–Kier alpha value is -1.85. The first-order valence-electron chi connectivity index (χ1n) is 10.3. The van der Waals surface area contributed by atoms with Gasteiger partial charge in [-0.15, -0.1) is 0 Å². The van der Waals surface area contributed by atoms with Gasteiger partial charge in [0.05, 0.1) is 0 Å². The molecule has 0 heterocycles. The molecule has 4 nitrogen and oxygen atoms in total. The Labute approximate surface area is 169 Å². The Morgan fingerprint density at radius 2 is 1.36 bits per heavy atom. The van der Waals surface area contributed by atoms with E-state index in [1.54, 1.807) is 12.1 Å².